The lowest BCUT2D eigenvalue weighted by Crippen LogP contribution is -2.36. The molecule has 0 saturated carbocycles. The number of carbonyl (C=O) groups excluding carboxylic acids is 1. The van der Waals surface area contributed by atoms with Gasteiger partial charge in [-0.15, -0.1) is 0 Å². The van der Waals surface area contributed by atoms with Crippen LogP contribution in [0.4, 0.5) is 0 Å². The first-order valence-corrected chi connectivity index (χ1v) is 6.10. The summed E-state index contributed by atoms with van der Waals surface area (Å²) in [6.07, 6.45) is 1.75. The normalized spacial score (nSPS) is 25.5. The monoisotopic (exact) mass is 233 g/mol. The molecule has 0 bridgehead atoms. The lowest BCUT2D eigenvalue weighted by molar-refractivity contribution is -0.126. The van der Waals surface area contributed by atoms with Gasteiger partial charge in [-0.3, -0.25) is 9.78 Å². The Morgan fingerprint density at radius 3 is 2.94 bits per heavy atom. The summed E-state index contributed by atoms with van der Waals surface area (Å²) in [6, 6.07) is 5.71. The molecule has 1 aliphatic rings. The van der Waals surface area contributed by atoms with E-state index in [0.29, 0.717) is 5.92 Å². The van der Waals surface area contributed by atoms with E-state index in [1.165, 1.54) is 0 Å². The maximum absolute atomic E-state index is 12.1. The van der Waals surface area contributed by atoms with Gasteiger partial charge in [0.1, 0.15) is 0 Å². The van der Waals surface area contributed by atoms with E-state index in [2.05, 4.69) is 22.5 Å². The number of amides is 1. The average molecular weight is 233 g/mol. The van der Waals surface area contributed by atoms with Crippen molar-refractivity contribution in [2.24, 2.45) is 11.8 Å². The molecule has 17 heavy (non-hydrogen) atoms. The van der Waals surface area contributed by atoms with Crippen molar-refractivity contribution in [3.63, 3.8) is 0 Å². The Morgan fingerprint density at radius 1 is 1.53 bits per heavy atom. The highest BCUT2D eigenvalue weighted by Crippen LogP contribution is 2.17. The summed E-state index contributed by atoms with van der Waals surface area (Å²) in [4.78, 5) is 16.3. The minimum atomic E-state index is -0.0310. The third kappa shape index (κ3) is 2.82. The molecule has 0 aromatic carbocycles. The Hall–Kier alpha value is -1.42. The zero-order chi connectivity index (χ0) is 12.3. The second-order valence-electron chi connectivity index (χ2n) is 4.73. The topological polar surface area (TPSA) is 54.0 Å². The Bertz CT molecular complexity index is 380. The van der Waals surface area contributed by atoms with E-state index in [9.17, 15) is 4.79 Å². The van der Waals surface area contributed by atoms with E-state index in [-0.39, 0.29) is 17.9 Å². The molecule has 2 heterocycles. The zero-order valence-electron chi connectivity index (χ0n) is 10.3. The van der Waals surface area contributed by atoms with E-state index in [1.54, 1.807) is 6.20 Å². The van der Waals surface area contributed by atoms with Crippen LogP contribution < -0.4 is 10.6 Å². The molecule has 4 heteroatoms. The summed E-state index contributed by atoms with van der Waals surface area (Å²) < 4.78 is 0. The summed E-state index contributed by atoms with van der Waals surface area (Å²) in [7, 11) is 0. The minimum absolute atomic E-state index is 0.0310. The third-order valence-corrected chi connectivity index (χ3v) is 3.34. The van der Waals surface area contributed by atoms with Gasteiger partial charge in [-0.25, -0.2) is 0 Å². The summed E-state index contributed by atoms with van der Waals surface area (Å²) in [5, 5.41) is 6.27. The van der Waals surface area contributed by atoms with Crippen molar-refractivity contribution in [2.75, 3.05) is 13.1 Å². The van der Waals surface area contributed by atoms with E-state index in [4.69, 9.17) is 0 Å². The number of nitrogens with zero attached hydrogens (tertiary/aromatic N) is 1. The number of pyridine rings is 1. The molecule has 4 nitrogen and oxygen atoms in total. The second-order valence-corrected chi connectivity index (χ2v) is 4.73. The van der Waals surface area contributed by atoms with Crippen molar-refractivity contribution < 1.29 is 4.79 Å². The van der Waals surface area contributed by atoms with Crippen LogP contribution in [0.5, 0.6) is 0 Å². The molecule has 1 aromatic heterocycles. The van der Waals surface area contributed by atoms with E-state index in [0.717, 1.165) is 18.8 Å². The number of rotatable bonds is 3. The van der Waals surface area contributed by atoms with Crippen LogP contribution in [0.2, 0.25) is 0 Å². The van der Waals surface area contributed by atoms with Crippen LogP contribution >= 0.6 is 0 Å². The fraction of sp³-hybridized carbons (Fsp3) is 0.538. The van der Waals surface area contributed by atoms with E-state index in [1.807, 2.05) is 25.1 Å². The predicted octanol–water partition coefficient (Wildman–Crippen LogP) is 1.11. The van der Waals surface area contributed by atoms with Gasteiger partial charge in [-0.05, 0) is 31.5 Å². The van der Waals surface area contributed by atoms with Crippen molar-refractivity contribution in [3.8, 4) is 0 Å². The van der Waals surface area contributed by atoms with Gasteiger partial charge in [0.25, 0.3) is 0 Å². The lowest BCUT2D eigenvalue weighted by atomic mass is 9.97. The number of carbonyl (C=O) groups is 1. The van der Waals surface area contributed by atoms with Crippen molar-refractivity contribution in [1.29, 1.82) is 0 Å². The first kappa shape index (κ1) is 12.0. The number of aromatic nitrogens is 1. The van der Waals surface area contributed by atoms with Crippen molar-refractivity contribution >= 4 is 5.91 Å². The molecule has 0 aliphatic carbocycles. The summed E-state index contributed by atoms with van der Waals surface area (Å²) in [5.41, 5.74) is 0.902. The van der Waals surface area contributed by atoms with Crippen LogP contribution in [0.1, 0.15) is 25.6 Å². The SMILES string of the molecule is CC1CNCC1C(=O)N[C@H](C)c1ccccn1. The highest BCUT2D eigenvalue weighted by Gasteiger charge is 2.30. The Labute approximate surface area is 102 Å². The van der Waals surface area contributed by atoms with Gasteiger partial charge in [0.05, 0.1) is 17.7 Å². The third-order valence-electron chi connectivity index (χ3n) is 3.34. The maximum atomic E-state index is 12.1. The van der Waals surface area contributed by atoms with Gasteiger partial charge >= 0.3 is 0 Å². The molecular weight excluding hydrogens is 214 g/mol. The van der Waals surface area contributed by atoms with Gasteiger partial charge in [-0.1, -0.05) is 13.0 Å². The molecule has 1 aliphatic heterocycles. The predicted molar refractivity (Wildman–Crippen MR) is 66.3 cm³/mol. The van der Waals surface area contributed by atoms with Gasteiger partial charge in [0.2, 0.25) is 5.91 Å². The highest BCUT2D eigenvalue weighted by molar-refractivity contribution is 5.79. The van der Waals surface area contributed by atoms with Crippen molar-refractivity contribution in [3.05, 3.63) is 30.1 Å². The summed E-state index contributed by atoms with van der Waals surface area (Å²) >= 11 is 0. The van der Waals surface area contributed by atoms with E-state index < -0.39 is 0 Å². The zero-order valence-corrected chi connectivity index (χ0v) is 10.3. The quantitative estimate of drug-likeness (QED) is 0.822. The maximum Gasteiger partial charge on any atom is 0.225 e. The summed E-state index contributed by atoms with van der Waals surface area (Å²) in [6.45, 7) is 5.78. The molecule has 1 saturated heterocycles. The van der Waals surface area contributed by atoms with Crippen LogP contribution in [-0.4, -0.2) is 24.0 Å². The molecule has 0 spiro atoms. The highest BCUT2D eigenvalue weighted by atomic mass is 16.2. The Kier molecular flexibility index (Phi) is 3.74. The molecule has 2 rings (SSSR count). The van der Waals surface area contributed by atoms with Gasteiger partial charge in [0.15, 0.2) is 0 Å². The Balaban J connectivity index is 1.95. The molecule has 2 N–H and O–H groups in total. The lowest BCUT2D eigenvalue weighted by Gasteiger charge is -2.18. The first-order valence-electron chi connectivity index (χ1n) is 6.10. The minimum Gasteiger partial charge on any atom is -0.348 e. The van der Waals surface area contributed by atoms with Crippen molar-refractivity contribution in [2.45, 2.75) is 19.9 Å². The number of nitrogens with one attached hydrogen (secondary N) is 2. The average Bonchev–Trinajstić information content (AvgIpc) is 2.76. The molecule has 1 amide bonds. The van der Waals surface area contributed by atoms with Crippen molar-refractivity contribution in [1.82, 2.24) is 15.6 Å². The largest absolute Gasteiger partial charge is 0.348 e. The fourth-order valence-corrected chi connectivity index (χ4v) is 2.19. The van der Waals surface area contributed by atoms with Crippen LogP contribution in [0.25, 0.3) is 0 Å². The van der Waals surface area contributed by atoms with Crippen LogP contribution in [0.15, 0.2) is 24.4 Å². The molecule has 1 fully saturated rings. The van der Waals surface area contributed by atoms with Gasteiger partial charge in [-0.2, -0.15) is 0 Å². The van der Waals surface area contributed by atoms with Crippen LogP contribution in [-0.2, 0) is 4.79 Å². The standard InChI is InChI=1S/C13H19N3O/c1-9-7-14-8-11(9)13(17)16-10(2)12-5-3-4-6-15-12/h3-6,9-11,14H,7-8H2,1-2H3,(H,16,17)/t9?,10-,11?/m1/s1. The molecule has 1 aromatic rings. The van der Waals surface area contributed by atoms with Crippen LogP contribution in [0, 0.1) is 11.8 Å². The first-order chi connectivity index (χ1) is 8.18. The number of hydrogen-bond donors (Lipinski definition) is 2. The molecule has 0 radical (unpaired) electrons. The summed E-state index contributed by atoms with van der Waals surface area (Å²) in [5.74, 6) is 0.618. The molecule has 2 unspecified atom stereocenters. The molecule has 92 valence electrons. The second kappa shape index (κ2) is 5.27. The van der Waals surface area contributed by atoms with Crippen LogP contribution in [0.3, 0.4) is 0 Å². The Morgan fingerprint density at radius 2 is 2.35 bits per heavy atom. The molecule has 3 atom stereocenters. The van der Waals surface area contributed by atoms with E-state index >= 15 is 0 Å². The molecular formula is C13H19N3O. The fourth-order valence-electron chi connectivity index (χ4n) is 2.19. The smallest absolute Gasteiger partial charge is 0.225 e. The van der Waals surface area contributed by atoms with Gasteiger partial charge < -0.3 is 10.6 Å². The number of hydrogen-bond acceptors (Lipinski definition) is 3. The van der Waals surface area contributed by atoms with Gasteiger partial charge in [0, 0.05) is 12.7 Å².